The molecule has 5 nitrogen and oxygen atoms in total. The van der Waals surface area contributed by atoms with Crippen molar-refractivity contribution in [2.45, 2.75) is 18.7 Å². The molecule has 0 aromatic heterocycles. The molecule has 2 amide bonds. The van der Waals surface area contributed by atoms with E-state index in [1.54, 1.807) is 24.3 Å². The van der Waals surface area contributed by atoms with Gasteiger partial charge in [-0.05, 0) is 68.4 Å². The standard InChI is InChI=1S/C25H20ClFN2O3S/c1-3-32-18-9-7-17(8-10-18)29-24(30)22(28-16-6-13-21(27)20(26)14-16)23(25(29)31)33-19-11-4-15(2)5-12-19/h4-14,28H,3H2,1-2H3. The van der Waals surface area contributed by atoms with Gasteiger partial charge in [-0.3, -0.25) is 9.59 Å². The molecule has 1 aliphatic rings. The van der Waals surface area contributed by atoms with Gasteiger partial charge in [-0.1, -0.05) is 41.1 Å². The van der Waals surface area contributed by atoms with Crippen molar-refractivity contribution in [1.29, 1.82) is 0 Å². The first-order chi connectivity index (χ1) is 15.9. The number of ether oxygens (including phenoxy) is 1. The number of nitrogens with zero attached hydrogens (tertiary/aromatic N) is 1. The smallest absolute Gasteiger partial charge is 0.283 e. The number of aryl methyl sites for hydroxylation is 1. The van der Waals surface area contributed by atoms with Crippen LogP contribution < -0.4 is 15.0 Å². The van der Waals surface area contributed by atoms with E-state index in [2.05, 4.69) is 5.32 Å². The summed E-state index contributed by atoms with van der Waals surface area (Å²) in [4.78, 5) is 28.9. The highest BCUT2D eigenvalue weighted by atomic mass is 35.5. The summed E-state index contributed by atoms with van der Waals surface area (Å²) in [5.74, 6) is -0.901. The second-order valence-corrected chi connectivity index (χ2v) is 8.74. The number of imide groups is 1. The molecule has 168 valence electrons. The van der Waals surface area contributed by atoms with Crippen LogP contribution in [0.25, 0.3) is 0 Å². The van der Waals surface area contributed by atoms with Gasteiger partial charge in [0.05, 0.1) is 17.3 Å². The van der Waals surface area contributed by atoms with Gasteiger partial charge in [0.25, 0.3) is 11.8 Å². The summed E-state index contributed by atoms with van der Waals surface area (Å²) >= 11 is 7.09. The predicted molar refractivity (Wildman–Crippen MR) is 129 cm³/mol. The van der Waals surface area contributed by atoms with Gasteiger partial charge >= 0.3 is 0 Å². The highest BCUT2D eigenvalue weighted by Crippen LogP contribution is 2.38. The van der Waals surface area contributed by atoms with Crippen molar-refractivity contribution in [1.82, 2.24) is 0 Å². The number of amides is 2. The highest BCUT2D eigenvalue weighted by molar-refractivity contribution is 8.04. The van der Waals surface area contributed by atoms with Crippen molar-refractivity contribution in [3.05, 3.63) is 93.7 Å². The van der Waals surface area contributed by atoms with Crippen molar-refractivity contribution in [2.24, 2.45) is 0 Å². The number of benzene rings is 3. The fraction of sp³-hybridized carbons (Fsp3) is 0.120. The summed E-state index contributed by atoms with van der Waals surface area (Å²) in [6.07, 6.45) is 0. The Balaban J connectivity index is 1.71. The van der Waals surface area contributed by atoms with E-state index in [1.165, 1.54) is 30.0 Å². The molecule has 0 saturated carbocycles. The first-order valence-electron chi connectivity index (χ1n) is 10.2. The number of nitrogens with one attached hydrogen (secondary N) is 1. The average Bonchev–Trinajstić information content (AvgIpc) is 3.02. The predicted octanol–water partition coefficient (Wildman–Crippen LogP) is 6.18. The number of thioether (sulfide) groups is 1. The third-order valence-corrected chi connectivity index (χ3v) is 6.26. The fourth-order valence-corrected chi connectivity index (χ4v) is 4.36. The Morgan fingerprint density at radius 2 is 1.70 bits per heavy atom. The minimum absolute atomic E-state index is 0.0894. The van der Waals surface area contributed by atoms with E-state index in [-0.39, 0.29) is 15.6 Å². The summed E-state index contributed by atoms with van der Waals surface area (Å²) < 4.78 is 19.1. The lowest BCUT2D eigenvalue weighted by Gasteiger charge is -2.16. The number of hydrogen-bond acceptors (Lipinski definition) is 5. The molecule has 0 unspecified atom stereocenters. The molecule has 0 fully saturated rings. The first kappa shape index (κ1) is 22.9. The SMILES string of the molecule is CCOc1ccc(N2C(=O)C(Nc3ccc(F)c(Cl)c3)=C(Sc3ccc(C)cc3)C2=O)cc1. The summed E-state index contributed by atoms with van der Waals surface area (Å²) in [7, 11) is 0. The Kier molecular flexibility index (Phi) is 6.72. The molecule has 0 aliphatic carbocycles. The summed E-state index contributed by atoms with van der Waals surface area (Å²) in [5, 5.41) is 2.88. The third kappa shape index (κ3) is 4.89. The Morgan fingerprint density at radius 3 is 2.33 bits per heavy atom. The normalized spacial score (nSPS) is 13.6. The third-order valence-electron chi connectivity index (χ3n) is 4.88. The molecule has 0 bridgehead atoms. The maximum Gasteiger partial charge on any atom is 0.283 e. The Hall–Kier alpha value is -3.29. The van der Waals surface area contributed by atoms with E-state index in [0.717, 1.165) is 15.4 Å². The van der Waals surface area contributed by atoms with Crippen LogP contribution in [-0.4, -0.2) is 18.4 Å². The molecule has 0 saturated heterocycles. The zero-order valence-electron chi connectivity index (χ0n) is 17.9. The number of halogens is 2. The van der Waals surface area contributed by atoms with Crippen LogP contribution in [0.3, 0.4) is 0 Å². The Bertz CT molecular complexity index is 1240. The molecule has 33 heavy (non-hydrogen) atoms. The molecular formula is C25H20ClFN2O3S. The van der Waals surface area contributed by atoms with Gasteiger partial charge in [0.2, 0.25) is 0 Å². The van der Waals surface area contributed by atoms with Crippen LogP contribution in [0, 0.1) is 12.7 Å². The summed E-state index contributed by atoms with van der Waals surface area (Å²) in [5.41, 5.74) is 2.00. The minimum atomic E-state index is -0.574. The van der Waals surface area contributed by atoms with E-state index in [1.807, 2.05) is 38.1 Å². The van der Waals surface area contributed by atoms with E-state index < -0.39 is 17.6 Å². The lowest BCUT2D eigenvalue weighted by Crippen LogP contribution is -2.32. The second-order valence-electron chi connectivity index (χ2n) is 7.25. The number of carbonyl (C=O) groups excluding carboxylic acids is 2. The topological polar surface area (TPSA) is 58.6 Å². The zero-order valence-corrected chi connectivity index (χ0v) is 19.5. The van der Waals surface area contributed by atoms with Crippen molar-refractivity contribution < 1.29 is 18.7 Å². The molecule has 0 spiro atoms. The second kappa shape index (κ2) is 9.68. The van der Waals surface area contributed by atoms with Crippen molar-refractivity contribution in [2.75, 3.05) is 16.8 Å². The molecule has 1 aliphatic heterocycles. The van der Waals surface area contributed by atoms with Crippen LogP contribution in [0.15, 0.2) is 82.2 Å². The van der Waals surface area contributed by atoms with Crippen LogP contribution in [0.4, 0.5) is 15.8 Å². The largest absolute Gasteiger partial charge is 0.494 e. The molecule has 3 aromatic carbocycles. The molecule has 1 N–H and O–H groups in total. The van der Waals surface area contributed by atoms with Crippen LogP contribution >= 0.6 is 23.4 Å². The molecule has 0 radical (unpaired) electrons. The molecule has 8 heteroatoms. The van der Waals surface area contributed by atoms with E-state index in [0.29, 0.717) is 23.7 Å². The monoisotopic (exact) mass is 482 g/mol. The zero-order chi connectivity index (χ0) is 23.5. The number of carbonyl (C=O) groups is 2. The molecule has 3 aromatic rings. The van der Waals surface area contributed by atoms with Crippen LogP contribution in [0.1, 0.15) is 12.5 Å². The number of rotatable bonds is 7. The lowest BCUT2D eigenvalue weighted by atomic mass is 10.2. The fourth-order valence-electron chi connectivity index (χ4n) is 3.25. The summed E-state index contributed by atoms with van der Waals surface area (Å²) in [6, 6.07) is 18.4. The van der Waals surface area contributed by atoms with Crippen molar-refractivity contribution >= 4 is 46.6 Å². The van der Waals surface area contributed by atoms with Gasteiger partial charge in [-0.15, -0.1) is 0 Å². The van der Waals surface area contributed by atoms with Crippen LogP contribution in [0.5, 0.6) is 5.75 Å². The van der Waals surface area contributed by atoms with E-state index in [4.69, 9.17) is 16.3 Å². The van der Waals surface area contributed by atoms with Gasteiger partial charge in [-0.2, -0.15) is 0 Å². The molecular weight excluding hydrogens is 463 g/mol. The minimum Gasteiger partial charge on any atom is -0.494 e. The quantitative estimate of drug-likeness (QED) is 0.408. The first-order valence-corrected chi connectivity index (χ1v) is 11.4. The van der Waals surface area contributed by atoms with Gasteiger partial charge < -0.3 is 10.1 Å². The lowest BCUT2D eigenvalue weighted by molar-refractivity contribution is -0.120. The van der Waals surface area contributed by atoms with Crippen molar-refractivity contribution in [3.63, 3.8) is 0 Å². The van der Waals surface area contributed by atoms with Gasteiger partial charge in [-0.25, -0.2) is 9.29 Å². The highest BCUT2D eigenvalue weighted by Gasteiger charge is 2.40. The average molecular weight is 483 g/mol. The Labute approximate surface area is 200 Å². The van der Waals surface area contributed by atoms with Crippen LogP contribution in [0.2, 0.25) is 5.02 Å². The van der Waals surface area contributed by atoms with E-state index >= 15 is 0 Å². The van der Waals surface area contributed by atoms with Crippen LogP contribution in [-0.2, 0) is 9.59 Å². The number of hydrogen-bond donors (Lipinski definition) is 1. The van der Waals surface area contributed by atoms with Gasteiger partial charge in [0, 0.05) is 10.6 Å². The maximum atomic E-state index is 13.6. The van der Waals surface area contributed by atoms with Crippen molar-refractivity contribution in [3.8, 4) is 5.75 Å². The molecule has 1 heterocycles. The van der Waals surface area contributed by atoms with Gasteiger partial charge in [0.15, 0.2) is 0 Å². The van der Waals surface area contributed by atoms with Gasteiger partial charge in [0.1, 0.15) is 22.2 Å². The Morgan fingerprint density at radius 1 is 1.00 bits per heavy atom. The summed E-state index contributed by atoms with van der Waals surface area (Å²) in [6.45, 7) is 4.35. The molecule has 4 rings (SSSR count). The van der Waals surface area contributed by atoms with E-state index in [9.17, 15) is 14.0 Å². The molecule has 0 atom stereocenters. The number of anilines is 2. The maximum absolute atomic E-state index is 13.6.